The minimum absolute atomic E-state index is 0.571. The first-order chi connectivity index (χ1) is 10.7. The molecule has 0 aliphatic carbocycles. The molecular formula is C18H24N4. The van der Waals surface area contributed by atoms with Gasteiger partial charge in [0.15, 0.2) is 0 Å². The number of rotatable bonds is 6. The zero-order valence-corrected chi connectivity index (χ0v) is 13.8. The third-order valence-electron chi connectivity index (χ3n) is 3.63. The van der Waals surface area contributed by atoms with Gasteiger partial charge in [0.1, 0.15) is 0 Å². The molecule has 2 aromatic rings. The van der Waals surface area contributed by atoms with Crippen LogP contribution in [-0.4, -0.2) is 15.7 Å². The molecule has 0 aliphatic rings. The molecule has 4 heteroatoms. The second-order valence-electron chi connectivity index (χ2n) is 5.24. The molecule has 0 saturated carbocycles. The van der Waals surface area contributed by atoms with Crippen LogP contribution in [0.15, 0.2) is 35.4 Å². The van der Waals surface area contributed by atoms with Crippen molar-refractivity contribution in [3.05, 3.63) is 52.8 Å². The van der Waals surface area contributed by atoms with Crippen LogP contribution < -0.4 is 5.43 Å². The first-order valence-corrected chi connectivity index (χ1v) is 7.92. The summed E-state index contributed by atoms with van der Waals surface area (Å²) in [6.45, 7) is 8.33. The van der Waals surface area contributed by atoms with E-state index in [1.807, 2.05) is 13.0 Å². The molecule has 0 fully saturated rings. The Balaban J connectivity index is 2.19. The number of aromatic nitrogens is 2. The van der Waals surface area contributed by atoms with Crippen molar-refractivity contribution in [3.63, 3.8) is 0 Å². The second-order valence-corrected chi connectivity index (χ2v) is 5.24. The molecule has 116 valence electrons. The van der Waals surface area contributed by atoms with Crippen molar-refractivity contribution in [1.82, 2.24) is 9.97 Å². The summed E-state index contributed by atoms with van der Waals surface area (Å²) in [6.07, 6.45) is 2.81. The Morgan fingerprint density at radius 3 is 2.27 bits per heavy atom. The van der Waals surface area contributed by atoms with Crippen molar-refractivity contribution >= 4 is 11.7 Å². The maximum Gasteiger partial charge on any atom is 0.243 e. The van der Waals surface area contributed by atoms with E-state index >= 15 is 0 Å². The van der Waals surface area contributed by atoms with Gasteiger partial charge in [0.2, 0.25) is 5.95 Å². The zero-order valence-electron chi connectivity index (χ0n) is 13.8. The van der Waals surface area contributed by atoms with Crippen LogP contribution in [0.3, 0.4) is 0 Å². The Morgan fingerprint density at radius 2 is 1.68 bits per heavy atom. The van der Waals surface area contributed by atoms with Crippen molar-refractivity contribution in [2.45, 2.75) is 47.0 Å². The molecule has 0 amide bonds. The van der Waals surface area contributed by atoms with Crippen LogP contribution in [0, 0.1) is 0 Å². The molecule has 0 unspecified atom stereocenters. The minimum atomic E-state index is 0.571. The summed E-state index contributed by atoms with van der Waals surface area (Å²) < 4.78 is 0. The number of aryl methyl sites for hydroxylation is 3. The molecule has 0 saturated heterocycles. The summed E-state index contributed by atoms with van der Waals surface area (Å²) >= 11 is 0. The monoisotopic (exact) mass is 296 g/mol. The van der Waals surface area contributed by atoms with Gasteiger partial charge >= 0.3 is 0 Å². The van der Waals surface area contributed by atoms with E-state index in [2.05, 4.69) is 65.5 Å². The number of hydrogen-bond donors (Lipinski definition) is 1. The van der Waals surface area contributed by atoms with Gasteiger partial charge in [0.25, 0.3) is 0 Å². The van der Waals surface area contributed by atoms with Gasteiger partial charge in [-0.05, 0) is 49.4 Å². The quantitative estimate of drug-likeness (QED) is 0.647. The van der Waals surface area contributed by atoms with Gasteiger partial charge in [-0.1, -0.05) is 39.0 Å². The fourth-order valence-corrected chi connectivity index (χ4v) is 2.18. The Kier molecular flexibility index (Phi) is 5.64. The minimum Gasteiger partial charge on any atom is -0.245 e. The molecular weight excluding hydrogens is 272 g/mol. The van der Waals surface area contributed by atoms with E-state index < -0.39 is 0 Å². The zero-order chi connectivity index (χ0) is 15.9. The molecule has 1 aromatic carbocycles. The van der Waals surface area contributed by atoms with Gasteiger partial charge in [-0.2, -0.15) is 5.10 Å². The second kappa shape index (κ2) is 7.69. The van der Waals surface area contributed by atoms with Crippen LogP contribution in [-0.2, 0) is 19.3 Å². The summed E-state index contributed by atoms with van der Waals surface area (Å²) in [5.74, 6) is 0.571. The molecule has 0 atom stereocenters. The largest absolute Gasteiger partial charge is 0.245 e. The van der Waals surface area contributed by atoms with Crippen LogP contribution >= 0.6 is 0 Å². The lowest BCUT2D eigenvalue weighted by atomic mass is 10.1. The van der Waals surface area contributed by atoms with Crippen LogP contribution in [0.25, 0.3) is 0 Å². The lowest BCUT2D eigenvalue weighted by Gasteiger charge is -2.07. The molecule has 0 radical (unpaired) electrons. The first-order valence-electron chi connectivity index (χ1n) is 7.92. The van der Waals surface area contributed by atoms with E-state index in [0.29, 0.717) is 5.95 Å². The topological polar surface area (TPSA) is 50.2 Å². The normalized spacial score (nSPS) is 11.5. The number of benzene rings is 1. The van der Waals surface area contributed by atoms with Crippen LogP contribution in [0.1, 0.15) is 50.2 Å². The van der Waals surface area contributed by atoms with Crippen molar-refractivity contribution in [1.29, 1.82) is 0 Å². The van der Waals surface area contributed by atoms with E-state index in [1.54, 1.807) is 0 Å². The maximum absolute atomic E-state index is 4.47. The van der Waals surface area contributed by atoms with Gasteiger partial charge in [-0.25, -0.2) is 15.4 Å². The molecule has 22 heavy (non-hydrogen) atoms. The highest BCUT2D eigenvalue weighted by atomic mass is 15.4. The van der Waals surface area contributed by atoms with Crippen LogP contribution in [0.4, 0.5) is 5.95 Å². The average Bonchev–Trinajstić information content (AvgIpc) is 2.59. The Bertz CT molecular complexity index is 640. The van der Waals surface area contributed by atoms with E-state index in [9.17, 15) is 0 Å². The first kappa shape index (κ1) is 16.1. The summed E-state index contributed by atoms with van der Waals surface area (Å²) in [5.41, 5.74) is 8.43. The maximum atomic E-state index is 4.47. The Labute approximate surface area is 132 Å². The number of nitrogens with zero attached hydrogens (tertiary/aromatic N) is 3. The molecule has 0 spiro atoms. The third kappa shape index (κ3) is 4.13. The summed E-state index contributed by atoms with van der Waals surface area (Å²) in [6, 6.07) is 10.5. The van der Waals surface area contributed by atoms with E-state index in [4.69, 9.17) is 0 Å². The van der Waals surface area contributed by atoms with Crippen molar-refractivity contribution < 1.29 is 0 Å². The predicted molar refractivity (Wildman–Crippen MR) is 92.4 cm³/mol. The van der Waals surface area contributed by atoms with Crippen LogP contribution in [0.5, 0.6) is 0 Å². The molecule has 4 nitrogen and oxygen atoms in total. The van der Waals surface area contributed by atoms with Crippen molar-refractivity contribution in [2.24, 2.45) is 5.10 Å². The fraction of sp³-hybridized carbons (Fsp3) is 0.389. The SMILES string of the molecule is CCc1cccc(C(C)=NNc2nc(CC)cc(CC)n2)c1. The number of hydrogen-bond acceptors (Lipinski definition) is 4. The number of anilines is 1. The molecule has 1 N–H and O–H groups in total. The number of nitrogens with one attached hydrogen (secondary N) is 1. The molecule has 1 aromatic heterocycles. The van der Waals surface area contributed by atoms with Gasteiger partial charge in [0.05, 0.1) is 5.71 Å². The molecule has 0 bridgehead atoms. The van der Waals surface area contributed by atoms with Crippen molar-refractivity contribution in [2.75, 3.05) is 5.43 Å². The molecule has 1 heterocycles. The fourth-order valence-electron chi connectivity index (χ4n) is 2.18. The van der Waals surface area contributed by atoms with E-state index in [0.717, 1.165) is 41.9 Å². The van der Waals surface area contributed by atoms with Gasteiger partial charge in [-0.3, -0.25) is 0 Å². The predicted octanol–water partition coefficient (Wildman–Crippen LogP) is 4.00. The highest BCUT2D eigenvalue weighted by Crippen LogP contribution is 2.10. The number of hydrazone groups is 1. The highest BCUT2D eigenvalue weighted by molar-refractivity contribution is 5.99. The van der Waals surface area contributed by atoms with Gasteiger partial charge in [0, 0.05) is 11.4 Å². The van der Waals surface area contributed by atoms with Crippen molar-refractivity contribution in [3.8, 4) is 0 Å². The smallest absolute Gasteiger partial charge is 0.243 e. The van der Waals surface area contributed by atoms with Gasteiger partial charge in [-0.15, -0.1) is 0 Å². The summed E-state index contributed by atoms with van der Waals surface area (Å²) in [5, 5.41) is 4.43. The lowest BCUT2D eigenvalue weighted by Crippen LogP contribution is -2.05. The van der Waals surface area contributed by atoms with E-state index in [1.165, 1.54) is 5.56 Å². The highest BCUT2D eigenvalue weighted by Gasteiger charge is 2.03. The third-order valence-corrected chi connectivity index (χ3v) is 3.63. The van der Waals surface area contributed by atoms with Gasteiger partial charge < -0.3 is 0 Å². The molecule has 2 rings (SSSR count). The standard InChI is InChI=1S/C18H24N4/c1-5-14-9-8-10-15(11-14)13(4)21-22-18-19-16(6-2)12-17(7-3)20-18/h8-12H,5-7H2,1-4H3,(H,19,20,22). The lowest BCUT2D eigenvalue weighted by molar-refractivity contribution is 0.932. The average molecular weight is 296 g/mol. The summed E-state index contributed by atoms with van der Waals surface area (Å²) in [4.78, 5) is 8.94. The Morgan fingerprint density at radius 1 is 1.00 bits per heavy atom. The van der Waals surface area contributed by atoms with E-state index in [-0.39, 0.29) is 0 Å². The van der Waals surface area contributed by atoms with Crippen LogP contribution in [0.2, 0.25) is 0 Å². The molecule has 0 aliphatic heterocycles. The summed E-state index contributed by atoms with van der Waals surface area (Å²) in [7, 11) is 0. The Hall–Kier alpha value is -2.23.